The molecule has 0 aliphatic carbocycles. The zero-order valence-electron chi connectivity index (χ0n) is 10.0. The van der Waals surface area contributed by atoms with Crippen molar-refractivity contribution in [3.63, 3.8) is 0 Å². The van der Waals surface area contributed by atoms with Crippen LogP contribution in [0.15, 0.2) is 12.1 Å². The van der Waals surface area contributed by atoms with Crippen LogP contribution in [0.25, 0.3) is 0 Å². The topological polar surface area (TPSA) is 71.1 Å². The van der Waals surface area contributed by atoms with Gasteiger partial charge in [-0.2, -0.15) is 0 Å². The van der Waals surface area contributed by atoms with Gasteiger partial charge in [0.25, 0.3) is 0 Å². The van der Waals surface area contributed by atoms with Gasteiger partial charge in [0, 0.05) is 24.5 Å². The molecule has 0 saturated heterocycles. The molecule has 2 N–H and O–H groups in total. The van der Waals surface area contributed by atoms with Crippen molar-refractivity contribution in [2.75, 3.05) is 29.2 Å². The zero-order valence-corrected chi connectivity index (χ0v) is 10.8. The molecule has 0 spiro atoms. The normalized spacial score (nSPS) is 19.1. The first kappa shape index (κ1) is 12.2. The van der Waals surface area contributed by atoms with Gasteiger partial charge in [-0.05, 0) is 25.5 Å². The predicted octanol–water partition coefficient (Wildman–Crippen LogP) is 1.03. The third-order valence-electron chi connectivity index (χ3n) is 2.75. The molecule has 0 radical (unpaired) electrons. The summed E-state index contributed by atoms with van der Waals surface area (Å²) >= 11 is 0. The molecule has 1 atom stereocenters. The molecule has 6 heteroatoms. The number of aromatic nitrogens is 1. The van der Waals surface area contributed by atoms with E-state index in [-0.39, 0.29) is 11.8 Å². The number of pyridine rings is 1. The van der Waals surface area contributed by atoms with Crippen LogP contribution in [0.3, 0.4) is 0 Å². The fraction of sp³-hybridized carbons (Fsp3) is 0.545. The fourth-order valence-corrected chi connectivity index (χ4v) is 2.53. The lowest BCUT2D eigenvalue weighted by molar-refractivity contribution is 0.593. The lowest BCUT2D eigenvalue weighted by atomic mass is 10.1. The second kappa shape index (κ2) is 4.52. The Morgan fingerprint density at radius 2 is 2.24 bits per heavy atom. The largest absolute Gasteiger partial charge is 0.380 e. The van der Waals surface area contributed by atoms with E-state index in [1.807, 2.05) is 19.1 Å². The van der Waals surface area contributed by atoms with Crippen LogP contribution in [0.5, 0.6) is 0 Å². The number of rotatable bonds is 3. The number of aryl methyl sites for hydroxylation is 1. The van der Waals surface area contributed by atoms with Crippen LogP contribution >= 0.6 is 0 Å². The van der Waals surface area contributed by atoms with Crippen molar-refractivity contribution >= 4 is 21.3 Å². The van der Waals surface area contributed by atoms with Crippen LogP contribution in [-0.4, -0.2) is 38.0 Å². The minimum Gasteiger partial charge on any atom is -0.380 e. The van der Waals surface area contributed by atoms with Gasteiger partial charge in [-0.3, -0.25) is 0 Å². The Morgan fingerprint density at radius 1 is 1.47 bits per heavy atom. The molecule has 94 valence electrons. The summed E-state index contributed by atoms with van der Waals surface area (Å²) in [5.41, 5.74) is 1.92. The second-order valence-corrected chi connectivity index (χ2v) is 6.75. The van der Waals surface area contributed by atoms with Gasteiger partial charge in [0.15, 0.2) is 0 Å². The van der Waals surface area contributed by atoms with Crippen molar-refractivity contribution in [1.82, 2.24) is 4.98 Å². The molecule has 1 aromatic rings. The van der Waals surface area contributed by atoms with E-state index in [4.69, 9.17) is 0 Å². The van der Waals surface area contributed by atoms with E-state index in [1.165, 1.54) is 6.26 Å². The Labute approximate surface area is 102 Å². The van der Waals surface area contributed by atoms with Crippen molar-refractivity contribution in [1.29, 1.82) is 0 Å². The molecule has 17 heavy (non-hydrogen) atoms. The lowest BCUT2D eigenvalue weighted by Gasteiger charge is -2.27. The van der Waals surface area contributed by atoms with E-state index in [2.05, 4.69) is 15.6 Å². The number of hydrogen-bond acceptors (Lipinski definition) is 5. The summed E-state index contributed by atoms with van der Waals surface area (Å²) in [6.07, 6.45) is 1.86. The number of nitrogens with zero attached hydrogens (tertiary/aromatic N) is 1. The number of fused-ring (bicyclic) bond motifs is 1. The summed E-state index contributed by atoms with van der Waals surface area (Å²) in [4.78, 5) is 4.39. The van der Waals surface area contributed by atoms with Crippen LogP contribution in [0.4, 0.5) is 11.5 Å². The van der Waals surface area contributed by atoms with E-state index in [9.17, 15) is 8.42 Å². The third kappa shape index (κ3) is 3.33. The minimum absolute atomic E-state index is 0.117. The lowest BCUT2D eigenvalue weighted by Crippen LogP contribution is -2.35. The molecule has 2 heterocycles. The van der Waals surface area contributed by atoms with Crippen LogP contribution < -0.4 is 10.6 Å². The van der Waals surface area contributed by atoms with E-state index < -0.39 is 9.84 Å². The molecular formula is C11H17N3O2S. The summed E-state index contributed by atoms with van der Waals surface area (Å²) in [6.45, 7) is 2.66. The highest BCUT2D eigenvalue weighted by molar-refractivity contribution is 7.90. The van der Waals surface area contributed by atoms with Crippen LogP contribution in [0.1, 0.15) is 12.1 Å². The quantitative estimate of drug-likeness (QED) is 0.844. The Hall–Kier alpha value is -1.30. The van der Waals surface area contributed by atoms with Gasteiger partial charge in [0.2, 0.25) is 0 Å². The standard InChI is InChI=1S/C11H17N3O2S/c1-8-3-4-10-11(13-8)14-9(7-12-10)5-6-17(2,15)16/h3-4,9,12H,5-7H2,1-2H3,(H,13,14). The molecule has 1 unspecified atom stereocenters. The summed E-state index contributed by atoms with van der Waals surface area (Å²) in [5.74, 6) is 1.02. The molecule has 1 aliphatic heterocycles. The molecule has 0 aromatic carbocycles. The molecule has 2 rings (SSSR count). The van der Waals surface area contributed by atoms with Crippen molar-refractivity contribution in [2.45, 2.75) is 19.4 Å². The molecule has 1 aromatic heterocycles. The molecule has 0 fully saturated rings. The highest BCUT2D eigenvalue weighted by Crippen LogP contribution is 2.24. The van der Waals surface area contributed by atoms with E-state index in [0.29, 0.717) is 6.42 Å². The summed E-state index contributed by atoms with van der Waals surface area (Å²) in [7, 11) is -2.90. The van der Waals surface area contributed by atoms with Gasteiger partial charge in [0.05, 0.1) is 11.4 Å². The van der Waals surface area contributed by atoms with E-state index in [0.717, 1.165) is 23.7 Å². The summed E-state index contributed by atoms with van der Waals surface area (Å²) < 4.78 is 22.2. The van der Waals surface area contributed by atoms with Crippen molar-refractivity contribution in [3.8, 4) is 0 Å². The predicted molar refractivity (Wildman–Crippen MR) is 69.2 cm³/mol. The van der Waals surface area contributed by atoms with Crippen molar-refractivity contribution in [2.24, 2.45) is 0 Å². The van der Waals surface area contributed by atoms with Gasteiger partial charge >= 0.3 is 0 Å². The van der Waals surface area contributed by atoms with Gasteiger partial charge < -0.3 is 10.6 Å². The highest BCUT2D eigenvalue weighted by Gasteiger charge is 2.19. The Kier molecular flexibility index (Phi) is 3.24. The van der Waals surface area contributed by atoms with Crippen LogP contribution in [0, 0.1) is 6.92 Å². The number of sulfone groups is 1. The number of nitrogens with one attached hydrogen (secondary N) is 2. The van der Waals surface area contributed by atoms with E-state index in [1.54, 1.807) is 0 Å². The first-order chi connectivity index (χ1) is 7.94. The van der Waals surface area contributed by atoms with Gasteiger partial charge in [-0.25, -0.2) is 13.4 Å². The van der Waals surface area contributed by atoms with Gasteiger partial charge in [-0.1, -0.05) is 0 Å². The highest BCUT2D eigenvalue weighted by atomic mass is 32.2. The second-order valence-electron chi connectivity index (χ2n) is 4.49. The monoisotopic (exact) mass is 255 g/mol. The van der Waals surface area contributed by atoms with Crippen LogP contribution in [0.2, 0.25) is 0 Å². The molecule has 5 nitrogen and oxygen atoms in total. The molecule has 0 bridgehead atoms. The molecule has 1 aliphatic rings. The average Bonchev–Trinajstić information content (AvgIpc) is 2.24. The third-order valence-corrected chi connectivity index (χ3v) is 3.73. The van der Waals surface area contributed by atoms with E-state index >= 15 is 0 Å². The number of hydrogen-bond donors (Lipinski definition) is 2. The minimum atomic E-state index is -2.90. The Morgan fingerprint density at radius 3 is 2.94 bits per heavy atom. The molecule has 0 amide bonds. The summed E-state index contributed by atoms with van der Waals surface area (Å²) in [6, 6.07) is 4.05. The zero-order chi connectivity index (χ0) is 12.5. The smallest absolute Gasteiger partial charge is 0.149 e. The first-order valence-electron chi connectivity index (χ1n) is 5.60. The van der Waals surface area contributed by atoms with Crippen molar-refractivity contribution < 1.29 is 8.42 Å². The van der Waals surface area contributed by atoms with Gasteiger partial charge in [0.1, 0.15) is 15.7 Å². The Bertz CT molecular complexity index is 513. The Balaban J connectivity index is 2.03. The fourth-order valence-electron chi connectivity index (χ4n) is 1.82. The maximum atomic E-state index is 11.1. The SMILES string of the molecule is Cc1ccc2c(n1)NC(CCS(C)(=O)=O)CN2. The maximum Gasteiger partial charge on any atom is 0.149 e. The van der Waals surface area contributed by atoms with Gasteiger partial charge in [-0.15, -0.1) is 0 Å². The average molecular weight is 255 g/mol. The van der Waals surface area contributed by atoms with Crippen molar-refractivity contribution in [3.05, 3.63) is 17.8 Å². The first-order valence-corrected chi connectivity index (χ1v) is 7.66. The number of anilines is 2. The maximum absolute atomic E-state index is 11.1. The molecule has 0 saturated carbocycles. The molecular weight excluding hydrogens is 238 g/mol. The van der Waals surface area contributed by atoms with Crippen LogP contribution in [-0.2, 0) is 9.84 Å². The summed E-state index contributed by atoms with van der Waals surface area (Å²) in [5, 5.41) is 6.53.